The maximum absolute atomic E-state index is 13.7. The van der Waals surface area contributed by atoms with Crippen molar-refractivity contribution in [2.75, 3.05) is 15.9 Å². The van der Waals surface area contributed by atoms with Gasteiger partial charge in [-0.15, -0.1) is 0 Å². The van der Waals surface area contributed by atoms with Gasteiger partial charge >= 0.3 is 5.88 Å². The van der Waals surface area contributed by atoms with E-state index in [2.05, 4.69) is 26.0 Å². The van der Waals surface area contributed by atoms with Crippen molar-refractivity contribution in [3.8, 4) is 0 Å². The molecule has 2 aromatic heterocycles. The Kier molecular flexibility index (Phi) is 7.35. The van der Waals surface area contributed by atoms with E-state index in [0.717, 1.165) is 26.2 Å². The Hall–Kier alpha value is -4.40. The summed E-state index contributed by atoms with van der Waals surface area (Å²) in [7, 11) is -3.87. The van der Waals surface area contributed by atoms with Crippen LogP contribution in [0.15, 0.2) is 97.7 Å². The summed E-state index contributed by atoms with van der Waals surface area (Å²) in [5, 5.41) is 16.5. The number of sulfonamides is 1. The van der Waals surface area contributed by atoms with Crippen LogP contribution < -0.4 is 9.31 Å². The molecule has 0 bridgehead atoms. The number of para-hydroxylation sites is 1. The minimum atomic E-state index is -3.87. The van der Waals surface area contributed by atoms with Gasteiger partial charge in [-0.25, -0.2) is 13.4 Å². The summed E-state index contributed by atoms with van der Waals surface area (Å²) in [6.45, 7) is 0.362. The Morgan fingerprint density at radius 1 is 1.12 bits per heavy atom. The van der Waals surface area contributed by atoms with E-state index in [-0.39, 0.29) is 21.4 Å². The summed E-state index contributed by atoms with van der Waals surface area (Å²) >= 11 is 4.65. The Labute approximate surface area is 252 Å². The summed E-state index contributed by atoms with van der Waals surface area (Å²) in [4.78, 5) is 28.6. The maximum atomic E-state index is 13.7. The Morgan fingerprint density at radius 2 is 1.90 bits per heavy atom. The summed E-state index contributed by atoms with van der Waals surface area (Å²) < 4.78 is 35.3. The lowest BCUT2D eigenvalue weighted by atomic mass is 10.0. The van der Waals surface area contributed by atoms with Crippen molar-refractivity contribution in [2.45, 2.75) is 17.7 Å². The lowest BCUT2D eigenvalue weighted by Gasteiger charge is -2.30. The number of aromatic nitrogens is 1. The summed E-state index contributed by atoms with van der Waals surface area (Å²) in [6.07, 6.45) is 2.69. The Balaban J connectivity index is 1.33. The number of anilines is 2. The first-order valence-corrected chi connectivity index (χ1v) is 15.7. The van der Waals surface area contributed by atoms with Crippen LogP contribution in [-0.4, -0.2) is 37.0 Å². The van der Waals surface area contributed by atoms with Crippen LogP contribution in [0, 0.1) is 10.1 Å². The number of benzene rings is 3. The molecule has 42 heavy (non-hydrogen) atoms. The fourth-order valence-electron chi connectivity index (χ4n) is 4.56. The number of nitro groups is 1. The van der Waals surface area contributed by atoms with E-state index in [4.69, 9.17) is 4.42 Å². The normalized spacial score (nSPS) is 13.4. The SMILES string of the molecule is O=C(c1ccc(S(=O)(=O)N2CCCc3ccccc32)cc1)N(/N=C/c1ccc([N+](=O)[O-])o1)c1nc2ccc(Br)cc2s1. The van der Waals surface area contributed by atoms with E-state index < -0.39 is 26.7 Å². The molecule has 14 heteroatoms. The molecule has 3 heterocycles. The highest BCUT2D eigenvalue weighted by Crippen LogP contribution is 2.34. The molecule has 0 spiro atoms. The van der Waals surface area contributed by atoms with Crippen molar-refractivity contribution in [1.82, 2.24) is 4.98 Å². The predicted molar refractivity (Wildman–Crippen MR) is 163 cm³/mol. The molecule has 3 aromatic carbocycles. The molecule has 0 atom stereocenters. The van der Waals surface area contributed by atoms with Gasteiger partial charge in [-0.2, -0.15) is 10.1 Å². The molecule has 212 valence electrons. The number of hydrogen-bond acceptors (Lipinski definition) is 9. The van der Waals surface area contributed by atoms with E-state index in [9.17, 15) is 23.3 Å². The average molecular weight is 667 g/mol. The molecule has 1 amide bonds. The zero-order valence-corrected chi connectivity index (χ0v) is 24.8. The van der Waals surface area contributed by atoms with Crippen LogP contribution >= 0.6 is 27.3 Å². The Bertz CT molecular complexity index is 1970. The highest BCUT2D eigenvalue weighted by molar-refractivity contribution is 9.10. The number of rotatable bonds is 7. The van der Waals surface area contributed by atoms with Gasteiger partial charge in [0, 0.05) is 16.6 Å². The van der Waals surface area contributed by atoms with Crippen molar-refractivity contribution < 1.29 is 22.6 Å². The molecule has 0 N–H and O–H groups in total. The highest BCUT2D eigenvalue weighted by Gasteiger charge is 2.29. The van der Waals surface area contributed by atoms with Crippen molar-refractivity contribution in [1.29, 1.82) is 0 Å². The molecular weight excluding hydrogens is 646 g/mol. The summed E-state index contributed by atoms with van der Waals surface area (Å²) in [5.74, 6) is -0.989. The second-order valence-electron chi connectivity index (χ2n) is 9.24. The monoisotopic (exact) mass is 665 g/mol. The van der Waals surface area contributed by atoms with Gasteiger partial charge < -0.3 is 4.42 Å². The summed E-state index contributed by atoms with van der Waals surface area (Å²) in [5.41, 5.74) is 2.43. The second kappa shape index (κ2) is 11.1. The largest absolute Gasteiger partial charge is 0.433 e. The van der Waals surface area contributed by atoms with Crippen molar-refractivity contribution >= 4 is 76.3 Å². The molecule has 0 aliphatic carbocycles. The van der Waals surface area contributed by atoms with Gasteiger partial charge in [-0.1, -0.05) is 45.5 Å². The number of aryl methyl sites for hydroxylation is 1. The van der Waals surface area contributed by atoms with Crippen LogP contribution in [0.5, 0.6) is 0 Å². The van der Waals surface area contributed by atoms with E-state index >= 15 is 0 Å². The molecular formula is C28H20BrN5O6S2. The molecule has 1 aliphatic heterocycles. The fourth-order valence-corrected chi connectivity index (χ4v) is 7.57. The number of nitrogens with zero attached hydrogens (tertiary/aromatic N) is 5. The van der Waals surface area contributed by atoms with Gasteiger partial charge in [0.25, 0.3) is 15.9 Å². The molecule has 1 aliphatic rings. The third kappa shape index (κ3) is 5.31. The number of carbonyl (C=O) groups is 1. The van der Waals surface area contributed by atoms with Gasteiger partial charge in [0.1, 0.15) is 4.92 Å². The molecule has 0 saturated heterocycles. The third-order valence-electron chi connectivity index (χ3n) is 6.56. The van der Waals surface area contributed by atoms with Crippen LogP contribution in [-0.2, 0) is 16.4 Å². The first kappa shape index (κ1) is 27.8. The minimum absolute atomic E-state index is 0.0542. The van der Waals surface area contributed by atoms with Gasteiger partial charge in [-0.3, -0.25) is 19.2 Å². The molecule has 5 aromatic rings. The van der Waals surface area contributed by atoms with Crippen LogP contribution in [0.25, 0.3) is 10.2 Å². The number of hydrazone groups is 1. The van der Waals surface area contributed by atoms with Crippen LogP contribution in [0.1, 0.15) is 28.1 Å². The van der Waals surface area contributed by atoms with Gasteiger partial charge in [0.2, 0.25) is 5.13 Å². The van der Waals surface area contributed by atoms with Crippen molar-refractivity contribution in [3.63, 3.8) is 0 Å². The number of furan rings is 1. The molecule has 6 rings (SSSR count). The number of thiazole rings is 1. The molecule has 0 fully saturated rings. The lowest BCUT2D eigenvalue weighted by Crippen LogP contribution is -2.35. The van der Waals surface area contributed by atoms with E-state index in [1.807, 2.05) is 30.3 Å². The summed E-state index contributed by atoms with van der Waals surface area (Å²) in [6, 6.07) is 21.1. The third-order valence-corrected chi connectivity index (χ3v) is 9.88. The van der Waals surface area contributed by atoms with Crippen LogP contribution in [0.2, 0.25) is 0 Å². The lowest BCUT2D eigenvalue weighted by molar-refractivity contribution is -0.402. The zero-order chi connectivity index (χ0) is 29.4. The molecule has 11 nitrogen and oxygen atoms in total. The number of fused-ring (bicyclic) bond motifs is 2. The smallest absolute Gasteiger partial charge is 0.400 e. The quantitative estimate of drug-likeness (QED) is 0.112. The highest BCUT2D eigenvalue weighted by atomic mass is 79.9. The van der Waals surface area contributed by atoms with Crippen LogP contribution in [0.4, 0.5) is 16.7 Å². The number of hydrogen-bond donors (Lipinski definition) is 0. The predicted octanol–water partition coefficient (Wildman–Crippen LogP) is 6.38. The van der Waals surface area contributed by atoms with E-state index in [1.54, 1.807) is 12.1 Å². The molecule has 0 saturated carbocycles. The van der Waals surface area contributed by atoms with Gasteiger partial charge in [0.05, 0.1) is 33.1 Å². The fraction of sp³-hybridized carbons (Fsp3) is 0.107. The van der Waals surface area contributed by atoms with E-state index in [0.29, 0.717) is 24.2 Å². The first-order valence-electron chi connectivity index (χ1n) is 12.6. The topological polar surface area (TPSA) is 139 Å². The number of amides is 1. The second-order valence-corrected chi connectivity index (χ2v) is 13.0. The van der Waals surface area contributed by atoms with Crippen molar-refractivity contribution in [2.24, 2.45) is 5.10 Å². The van der Waals surface area contributed by atoms with Gasteiger partial charge in [0.15, 0.2) is 5.76 Å². The minimum Gasteiger partial charge on any atom is -0.400 e. The Morgan fingerprint density at radius 3 is 2.67 bits per heavy atom. The van der Waals surface area contributed by atoms with E-state index in [1.165, 1.54) is 58.3 Å². The molecule has 0 unspecified atom stereocenters. The zero-order valence-electron chi connectivity index (χ0n) is 21.6. The van der Waals surface area contributed by atoms with Crippen molar-refractivity contribution in [3.05, 3.63) is 110 Å². The first-order chi connectivity index (χ1) is 20.2. The average Bonchev–Trinajstić information content (AvgIpc) is 3.64. The maximum Gasteiger partial charge on any atom is 0.433 e. The van der Waals surface area contributed by atoms with Crippen LogP contribution in [0.3, 0.4) is 0 Å². The standard InChI is InChI=1S/C28H20BrN5O6S2/c29-20-9-13-23-25(16-20)41-28(31-23)33(30-17-21-10-14-26(40-21)34(36)37)27(35)19-7-11-22(12-8-19)42(38,39)32-15-3-5-18-4-1-2-6-24(18)32/h1-2,4,6-14,16-17H,3,5,15H2/b30-17+. The number of halogens is 1. The molecule has 0 radical (unpaired) electrons. The van der Waals surface area contributed by atoms with Gasteiger partial charge in [-0.05, 0) is 73.0 Å². The number of carbonyl (C=O) groups excluding carboxylic acids is 1.